The number of carboxylic acids is 1. The minimum atomic E-state index is -1.60. The maximum Gasteiger partial charge on any atom is 0.333 e. The van der Waals surface area contributed by atoms with Gasteiger partial charge in [-0.1, -0.05) is 12.1 Å². The van der Waals surface area contributed by atoms with E-state index >= 15 is 0 Å². The third-order valence-corrected chi connectivity index (χ3v) is 3.75. The van der Waals surface area contributed by atoms with Crippen LogP contribution in [-0.4, -0.2) is 30.2 Å². The molecule has 1 aromatic rings. The highest BCUT2D eigenvalue weighted by atomic mass is 19.1. The Kier molecular flexibility index (Phi) is 4.57. The lowest BCUT2D eigenvalue weighted by molar-refractivity contribution is -0.149. The molecular weight excluding hydrogens is 277 g/mol. The van der Waals surface area contributed by atoms with E-state index in [0.717, 1.165) is 6.42 Å². The molecule has 1 fully saturated rings. The van der Waals surface area contributed by atoms with Gasteiger partial charge in [0.15, 0.2) is 5.54 Å². The first kappa shape index (κ1) is 15.4. The Morgan fingerprint density at radius 3 is 2.57 bits per heavy atom. The van der Waals surface area contributed by atoms with Crippen molar-refractivity contribution in [2.75, 3.05) is 13.2 Å². The summed E-state index contributed by atoms with van der Waals surface area (Å²) >= 11 is 0. The Balaban J connectivity index is 2.19. The molecule has 1 saturated heterocycles. The third kappa shape index (κ3) is 3.39. The molecule has 2 N–H and O–H groups in total. The summed E-state index contributed by atoms with van der Waals surface area (Å²) < 4.78 is 18.2. The number of carbonyl (C=O) groups is 2. The molecule has 0 bridgehead atoms. The van der Waals surface area contributed by atoms with Crippen LogP contribution in [0.5, 0.6) is 0 Å². The van der Waals surface area contributed by atoms with Crippen molar-refractivity contribution in [2.45, 2.75) is 25.3 Å². The number of halogens is 1. The first-order valence-electron chi connectivity index (χ1n) is 6.82. The van der Waals surface area contributed by atoms with Crippen LogP contribution in [0.4, 0.5) is 4.39 Å². The van der Waals surface area contributed by atoms with Crippen molar-refractivity contribution < 1.29 is 23.8 Å². The van der Waals surface area contributed by atoms with E-state index in [-0.39, 0.29) is 11.8 Å². The Morgan fingerprint density at radius 2 is 2.05 bits per heavy atom. The summed E-state index contributed by atoms with van der Waals surface area (Å²) in [4.78, 5) is 23.8. The summed E-state index contributed by atoms with van der Waals surface area (Å²) in [5.74, 6) is -2.36. The normalized spacial score (nSPS) is 21.3. The second-order valence-electron chi connectivity index (χ2n) is 5.34. The summed E-state index contributed by atoms with van der Waals surface area (Å²) in [6.45, 7) is 2.31. The molecule has 0 radical (unpaired) electrons. The van der Waals surface area contributed by atoms with E-state index in [2.05, 4.69) is 5.32 Å². The zero-order valence-electron chi connectivity index (χ0n) is 11.8. The lowest BCUT2D eigenvalue weighted by Gasteiger charge is -2.30. The molecule has 0 spiro atoms. The van der Waals surface area contributed by atoms with Crippen molar-refractivity contribution in [1.29, 1.82) is 0 Å². The summed E-state index contributed by atoms with van der Waals surface area (Å²) in [6.07, 6.45) is 1.45. The van der Waals surface area contributed by atoms with Crippen LogP contribution < -0.4 is 5.32 Å². The number of hydrogen-bond acceptors (Lipinski definition) is 3. The van der Waals surface area contributed by atoms with Gasteiger partial charge in [-0.25, -0.2) is 9.18 Å². The predicted molar refractivity (Wildman–Crippen MR) is 73.1 cm³/mol. The van der Waals surface area contributed by atoms with E-state index in [1.165, 1.54) is 31.2 Å². The van der Waals surface area contributed by atoms with Gasteiger partial charge in [0.2, 0.25) is 5.91 Å². The molecule has 1 aliphatic heterocycles. The number of amides is 1. The fourth-order valence-electron chi connectivity index (χ4n) is 2.33. The molecular formula is C15H18FNO4. The van der Waals surface area contributed by atoms with Gasteiger partial charge in [-0.15, -0.1) is 0 Å². The molecule has 6 heteroatoms. The first-order valence-corrected chi connectivity index (χ1v) is 6.82. The molecule has 2 atom stereocenters. The Hall–Kier alpha value is -1.95. The lowest BCUT2D eigenvalue weighted by atomic mass is 9.90. The topological polar surface area (TPSA) is 75.6 Å². The van der Waals surface area contributed by atoms with Crippen LogP contribution in [0.2, 0.25) is 0 Å². The molecule has 2 unspecified atom stereocenters. The van der Waals surface area contributed by atoms with E-state index in [1.807, 2.05) is 0 Å². The average molecular weight is 295 g/mol. The van der Waals surface area contributed by atoms with Gasteiger partial charge in [0, 0.05) is 6.61 Å². The van der Waals surface area contributed by atoms with Gasteiger partial charge >= 0.3 is 5.97 Å². The minimum absolute atomic E-state index is 0.297. The number of ether oxygens (including phenoxy) is 1. The van der Waals surface area contributed by atoms with Crippen molar-refractivity contribution in [1.82, 2.24) is 5.32 Å². The van der Waals surface area contributed by atoms with Crippen molar-refractivity contribution in [3.8, 4) is 0 Å². The molecule has 1 amide bonds. The number of benzene rings is 1. The first-order chi connectivity index (χ1) is 9.93. The molecule has 1 aromatic carbocycles. The average Bonchev–Trinajstić information content (AvgIpc) is 2.48. The van der Waals surface area contributed by atoms with Crippen LogP contribution >= 0.6 is 0 Å². The number of carbonyl (C=O) groups excluding carboxylic acids is 1. The van der Waals surface area contributed by atoms with Crippen molar-refractivity contribution in [3.05, 3.63) is 35.6 Å². The van der Waals surface area contributed by atoms with Crippen molar-refractivity contribution in [2.24, 2.45) is 5.92 Å². The number of rotatable bonds is 4. The monoisotopic (exact) mass is 295 g/mol. The SMILES string of the molecule is CC(NC(=O)C1CCCOC1)(C(=O)O)c1ccc(F)cc1. The maximum absolute atomic E-state index is 13.0. The highest BCUT2D eigenvalue weighted by Gasteiger charge is 2.38. The molecule has 0 saturated carbocycles. The van der Waals surface area contributed by atoms with Gasteiger partial charge < -0.3 is 15.2 Å². The molecule has 0 aromatic heterocycles. The predicted octanol–water partition coefficient (Wildman–Crippen LogP) is 1.67. The standard InChI is InChI=1S/C15H18FNO4/c1-15(14(19)20,11-4-6-12(16)7-5-11)17-13(18)10-3-2-8-21-9-10/h4-7,10H,2-3,8-9H2,1H3,(H,17,18)(H,19,20). The Bertz CT molecular complexity index is 525. The number of aliphatic carboxylic acids is 1. The van der Waals surface area contributed by atoms with Gasteiger partial charge in [0.1, 0.15) is 5.82 Å². The molecule has 1 heterocycles. The van der Waals surface area contributed by atoms with E-state index in [4.69, 9.17) is 4.74 Å². The fraction of sp³-hybridized carbons (Fsp3) is 0.467. The van der Waals surface area contributed by atoms with Crippen LogP contribution in [-0.2, 0) is 19.9 Å². The smallest absolute Gasteiger partial charge is 0.333 e. The Morgan fingerprint density at radius 1 is 1.38 bits per heavy atom. The third-order valence-electron chi connectivity index (χ3n) is 3.75. The van der Waals surface area contributed by atoms with Gasteiger partial charge in [-0.05, 0) is 37.5 Å². The molecule has 21 heavy (non-hydrogen) atoms. The molecule has 5 nitrogen and oxygen atoms in total. The summed E-state index contributed by atoms with van der Waals surface area (Å²) in [5, 5.41) is 12.0. The van der Waals surface area contributed by atoms with Crippen molar-refractivity contribution in [3.63, 3.8) is 0 Å². The Labute approximate surface area is 122 Å². The maximum atomic E-state index is 13.0. The fourth-order valence-corrected chi connectivity index (χ4v) is 2.33. The molecule has 1 aliphatic rings. The van der Waals surface area contributed by atoms with Crippen LogP contribution in [0.25, 0.3) is 0 Å². The van der Waals surface area contributed by atoms with Crippen LogP contribution in [0.15, 0.2) is 24.3 Å². The van der Waals surface area contributed by atoms with E-state index in [1.54, 1.807) is 0 Å². The lowest BCUT2D eigenvalue weighted by Crippen LogP contribution is -2.52. The van der Waals surface area contributed by atoms with Crippen LogP contribution in [0.1, 0.15) is 25.3 Å². The molecule has 2 rings (SSSR count). The number of carboxylic acid groups (broad SMARTS) is 1. The van der Waals surface area contributed by atoms with E-state index in [9.17, 15) is 19.1 Å². The van der Waals surface area contributed by atoms with Gasteiger partial charge in [0.25, 0.3) is 0 Å². The highest BCUT2D eigenvalue weighted by molar-refractivity contribution is 5.88. The van der Waals surface area contributed by atoms with Crippen LogP contribution in [0, 0.1) is 11.7 Å². The van der Waals surface area contributed by atoms with Crippen LogP contribution in [0.3, 0.4) is 0 Å². The van der Waals surface area contributed by atoms with Crippen molar-refractivity contribution >= 4 is 11.9 Å². The summed E-state index contributed by atoms with van der Waals surface area (Å²) in [7, 11) is 0. The van der Waals surface area contributed by atoms with E-state index < -0.39 is 17.3 Å². The second kappa shape index (κ2) is 6.22. The quantitative estimate of drug-likeness (QED) is 0.886. The summed E-state index contributed by atoms with van der Waals surface area (Å²) in [5.41, 5.74) is -1.27. The zero-order chi connectivity index (χ0) is 15.5. The molecule has 114 valence electrons. The summed E-state index contributed by atoms with van der Waals surface area (Å²) in [6, 6.07) is 5.07. The van der Waals surface area contributed by atoms with Gasteiger partial charge in [0.05, 0.1) is 12.5 Å². The molecule has 0 aliphatic carbocycles. The second-order valence-corrected chi connectivity index (χ2v) is 5.34. The highest BCUT2D eigenvalue weighted by Crippen LogP contribution is 2.23. The largest absolute Gasteiger partial charge is 0.479 e. The van der Waals surface area contributed by atoms with Gasteiger partial charge in [-0.2, -0.15) is 0 Å². The number of nitrogens with one attached hydrogen (secondary N) is 1. The van der Waals surface area contributed by atoms with Gasteiger partial charge in [-0.3, -0.25) is 4.79 Å². The minimum Gasteiger partial charge on any atom is -0.479 e. The zero-order valence-corrected chi connectivity index (χ0v) is 11.8. The number of hydrogen-bond donors (Lipinski definition) is 2. The van der Waals surface area contributed by atoms with E-state index in [0.29, 0.717) is 25.2 Å².